The van der Waals surface area contributed by atoms with E-state index in [4.69, 9.17) is 9.47 Å². The Morgan fingerprint density at radius 3 is 1.82 bits per heavy atom. The molecule has 5 heteroatoms. The summed E-state index contributed by atoms with van der Waals surface area (Å²) in [6.45, 7) is 8.06. The zero-order valence-corrected chi connectivity index (χ0v) is 21.0. The first-order valence-corrected chi connectivity index (χ1v) is 12.9. The zero-order valence-electron chi connectivity index (χ0n) is 21.0. The third kappa shape index (κ3) is 7.27. The Labute approximate surface area is 199 Å². The minimum absolute atomic E-state index is 0.00959. The Morgan fingerprint density at radius 1 is 0.879 bits per heavy atom. The average molecular weight is 461 g/mol. The van der Waals surface area contributed by atoms with Crippen molar-refractivity contribution < 1.29 is 24.5 Å². The lowest BCUT2D eigenvalue weighted by molar-refractivity contribution is -0.147. The second-order valence-corrected chi connectivity index (χ2v) is 11.6. The van der Waals surface area contributed by atoms with Crippen LogP contribution in [0.2, 0.25) is 0 Å². The highest BCUT2D eigenvalue weighted by Gasteiger charge is 2.33. The maximum absolute atomic E-state index is 11.3. The number of carboxylic acids is 1. The summed E-state index contributed by atoms with van der Waals surface area (Å²) in [5.41, 5.74) is 1.85. The zero-order chi connectivity index (χ0) is 24.1. The number of benzene rings is 1. The number of aliphatic hydroxyl groups excluding tert-OH is 1. The smallest absolute Gasteiger partial charge is 0.309 e. The number of carboxylic acid groups (broad SMARTS) is 1. The quantitative estimate of drug-likeness (QED) is 0.368. The van der Waals surface area contributed by atoms with Crippen molar-refractivity contribution in [3.05, 3.63) is 35.4 Å². The molecule has 2 heterocycles. The molecule has 33 heavy (non-hydrogen) atoms. The summed E-state index contributed by atoms with van der Waals surface area (Å²) in [4.78, 5) is 11.3. The van der Waals surface area contributed by atoms with Gasteiger partial charge in [-0.2, -0.15) is 0 Å². The van der Waals surface area contributed by atoms with E-state index in [2.05, 4.69) is 38.1 Å². The van der Waals surface area contributed by atoms with Crippen molar-refractivity contribution in [2.45, 2.75) is 116 Å². The number of hydrogen-bond donors (Lipinski definition) is 2. The van der Waals surface area contributed by atoms with Crippen LogP contribution < -0.4 is 0 Å². The molecule has 2 aliphatic rings. The monoisotopic (exact) mass is 460 g/mol. The first-order chi connectivity index (χ1) is 15.6. The molecule has 0 spiro atoms. The standard InChI is InChI=1S/C28H44O5/c1-27(2,19-29)17-7-9-20-13-15-24(32-20)22-11-5-6-12-23(22)25-16-14-21(33-25)10-8-18-28(3,4)26(30)31/h5-6,11-12,20-21,24-25,29H,7-10,13-19H2,1-4H3,(H,30,31). The fourth-order valence-corrected chi connectivity index (χ4v) is 5.16. The maximum atomic E-state index is 11.3. The lowest BCUT2D eigenvalue weighted by Crippen LogP contribution is -2.23. The van der Waals surface area contributed by atoms with Crippen molar-refractivity contribution in [2.24, 2.45) is 10.8 Å². The highest BCUT2D eigenvalue weighted by Crippen LogP contribution is 2.42. The van der Waals surface area contributed by atoms with Crippen LogP contribution in [0, 0.1) is 10.8 Å². The van der Waals surface area contributed by atoms with Gasteiger partial charge in [-0.05, 0) is 88.2 Å². The summed E-state index contributed by atoms with van der Waals surface area (Å²) >= 11 is 0. The Morgan fingerprint density at radius 2 is 1.36 bits per heavy atom. The van der Waals surface area contributed by atoms with Crippen molar-refractivity contribution in [3.63, 3.8) is 0 Å². The molecule has 2 saturated heterocycles. The summed E-state index contributed by atoms with van der Waals surface area (Å²) in [7, 11) is 0. The van der Waals surface area contributed by atoms with Gasteiger partial charge in [0.05, 0.1) is 29.8 Å². The molecule has 0 radical (unpaired) electrons. The number of aliphatic carboxylic acids is 1. The highest BCUT2D eigenvalue weighted by atomic mass is 16.5. The molecule has 4 atom stereocenters. The van der Waals surface area contributed by atoms with Crippen LogP contribution in [0.1, 0.15) is 115 Å². The van der Waals surface area contributed by atoms with Gasteiger partial charge in [0.25, 0.3) is 0 Å². The van der Waals surface area contributed by atoms with Crippen molar-refractivity contribution in [2.75, 3.05) is 6.61 Å². The van der Waals surface area contributed by atoms with Crippen molar-refractivity contribution >= 4 is 5.97 Å². The van der Waals surface area contributed by atoms with E-state index in [0.717, 1.165) is 57.8 Å². The molecule has 2 fully saturated rings. The van der Waals surface area contributed by atoms with E-state index in [1.165, 1.54) is 11.1 Å². The number of hydrogen-bond acceptors (Lipinski definition) is 4. The summed E-state index contributed by atoms with van der Waals surface area (Å²) in [6, 6.07) is 8.58. The molecule has 186 valence electrons. The molecule has 0 bridgehead atoms. The first kappa shape index (κ1) is 26.2. The molecule has 3 rings (SSSR count). The topological polar surface area (TPSA) is 76.0 Å². The van der Waals surface area contributed by atoms with E-state index >= 15 is 0 Å². The van der Waals surface area contributed by atoms with E-state index in [1.54, 1.807) is 13.8 Å². The third-order valence-corrected chi connectivity index (χ3v) is 7.62. The molecule has 0 saturated carbocycles. The van der Waals surface area contributed by atoms with Crippen molar-refractivity contribution in [1.29, 1.82) is 0 Å². The minimum Gasteiger partial charge on any atom is -0.481 e. The second kappa shape index (κ2) is 11.3. The second-order valence-electron chi connectivity index (χ2n) is 11.6. The van der Waals surface area contributed by atoms with Gasteiger partial charge in [0.15, 0.2) is 0 Å². The Balaban J connectivity index is 1.51. The van der Waals surface area contributed by atoms with Crippen LogP contribution in [0.25, 0.3) is 0 Å². The van der Waals surface area contributed by atoms with Gasteiger partial charge in [0.2, 0.25) is 0 Å². The molecule has 5 nitrogen and oxygen atoms in total. The summed E-state index contributed by atoms with van der Waals surface area (Å²) < 4.78 is 12.9. The number of rotatable bonds is 12. The van der Waals surface area contributed by atoms with Crippen LogP contribution in [0.4, 0.5) is 0 Å². The van der Waals surface area contributed by atoms with Gasteiger partial charge >= 0.3 is 5.97 Å². The molecule has 0 aromatic heterocycles. The van der Waals surface area contributed by atoms with Gasteiger partial charge in [-0.3, -0.25) is 4.79 Å². The fraction of sp³-hybridized carbons (Fsp3) is 0.750. The van der Waals surface area contributed by atoms with Gasteiger partial charge < -0.3 is 19.7 Å². The van der Waals surface area contributed by atoms with Crippen LogP contribution in [-0.2, 0) is 14.3 Å². The lowest BCUT2D eigenvalue weighted by atomic mass is 9.87. The van der Waals surface area contributed by atoms with E-state index in [1.807, 2.05) is 0 Å². The van der Waals surface area contributed by atoms with Gasteiger partial charge in [0.1, 0.15) is 0 Å². The molecule has 1 aromatic carbocycles. The van der Waals surface area contributed by atoms with Crippen LogP contribution in [0.15, 0.2) is 24.3 Å². The van der Waals surface area contributed by atoms with Crippen molar-refractivity contribution in [3.8, 4) is 0 Å². The van der Waals surface area contributed by atoms with E-state index in [9.17, 15) is 15.0 Å². The van der Waals surface area contributed by atoms with Crippen LogP contribution in [-0.4, -0.2) is 35.0 Å². The van der Waals surface area contributed by atoms with Crippen molar-refractivity contribution in [1.82, 2.24) is 0 Å². The minimum atomic E-state index is -0.728. The lowest BCUT2D eigenvalue weighted by Gasteiger charge is -2.23. The number of ether oxygens (including phenoxy) is 2. The summed E-state index contributed by atoms with van der Waals surface area (Å²) in [6.07, 6.45) is 10.5. The van der Waals surface area contributed by atoms with Crippen LogP contribution >= 0.6 is 0 Å². The highest BCUT2D eigenvalue weighted by molar-refractivity contribution is 5.73. The predicted octanol–water partition coefficient (Wildman–Crippen LogP) is 6.60. The molecule has 0 amide bonds. The predicted molar refractivity (Wildman–Crippen MR) is 130 cm³/mol. The average Bonchev–Trinajstić information content (AvgIpc) is 3.43. The van der Waals surface area contributed by atoms with Gasteiger partial charge in [-0.15, -0.1) is 0 Å². The Kier molecular flexibility index (Phi) is 8.99. The largest absolute Gasteiger partial charge is 0.481 e. The van der Waals surface area contributed by atoms with Gasteiger partial charge in [-0.25, -0.2) is 0 Å². The van der Waals surface area contributed by atoms with E-state index < -0.39 is 11.4 Å². The number of carbonyl (C=O) groups is 1. The van der Waals surface area contributed by atoms with Crippen LogP contribution in [0.3, 0.4) is 0 Å². The normalized spacial score (nSPS) is 26.1. The molecule has 4 unspecified atom stereocenters. The summed E-state index contributed by atoms with van der Waals surface area (Å²) in [5, 5.41) is 18.8. The SMILES string of the molecule is CC(C)(CO)CCCC1CCC(c2ccccc2C2CCC(CCCC(C)(C)C(=O)O)O2)O1. The summed E-state index contributed by atoms with van der Waals surface area (Å²) in [5.74, 6) is -0.728. The first-order valence-electron chi connectivity index (χ1n) is 12.9. The molecular weight excluding hydrogens is 416 g/mol. The fourth-order valence-electron chi connectivity index (χ4n) is 5.16. The Bertz CT molecular complexity index is 771. The Hall–Kier alpha value is -1.43. The maximum Gasteiger partial charge on any atom is 0.309 e. The van der Waals surface area contributed by atoms with Crippen LogP contribution in [0.5, 0.6) is 0 Å². The molecule has 0 aliphatic carbocycles. The van der Waals surface area contributed by atoms with Gasteiger partial charge in [0, 0.05) is 6.61 Å². The number of aliphatic hydroxyl groups is 1. The van der Waals surface area contributed by atoms with Gasteiger partial charge in [-0.1, -0.05) is 44.5 Å². The molecule has 2 N–H and O–H groups in total. The molecule has 2 aliphatic heterocycles. The molecular formula is C28H44O5. The molecule has 1 aromatic rings. The van der Waals surface area contributed by atoms with E-state index in [0.29, 0.717) is 12.5 Å². The van der Waals surface area contributed by atoms with E-state index in [-0.39, 0.29) is 30.3 Å². The third-order valence-electron chi connectivity index (χ3n) is 7.62.